The minimum absolute atomic E-state index is 0.0211. The summed E-state index contributed by atoms with van der Waals surface area (Å²) in [5, 5.41) is 24.9. The number of fused-ring (bicyclic) bond motifs is 2. The number of aliphatic hydroxyl groups is 2. The van der Waals surface area contributed by atoms with Crippen LogP contribution in [-0.4, -0.2) is 65.0 Å². The second-order valence-electron chi connectivity index (χ2n) is 19.4. The van der Waals surface area contributed by atoms with Crippen molar-refractivity contribution in [1.29, 1.82) is 0 Å². The van der Waals surface area contributed by atoms with Crippen molar-refractivity contribution in [1.82, 2.24) is 4.90 Å². The highest BCUT2D eigenvalue weighted by Crippen LogP contribution is 2.62. The van der Waals surface area contributed by atoms with Crippen LogP contribution in [0.3, 0.4) is 0 Å². The first-order chi connectivity index (χ1) is 34.3. The van der Waals surface area contributed by atoms with Gasteiger partial charge in [-0.25, -0.2) is 4.39 Å². The zero-order chi connectivity index (χ0) is 49.1. The highest BCUT2D eigenvalue weighted by molar-refractivity contribution is 6.03. The number of oxime groups is 1. The van der Waals surface area contributed by atoms with E-state index in [1.165, 1.54) is 44.2 Å². The fourth-order valence-corrected chi connectivity index (χ4v) is 11.2. The van der Waals surface area contributed by atoms with Gasteiger partial charge in [0.1, 0.15) is 35.7 Å². The summed E-state index contributed by atoms with van der Waals surface area (Å²) >= 11 is 0. The lowest BCUT2D eigenvalue weighted by atomic mass is 9.55. The molecule has 70 heavy (non-hydrogen) atoms. The van der Waals surface area contributed by atoms with E-state index in [9.17, 15) is 14.6 Å². The molecule has 9 nitrogen and oxygen atoms in total. The minimum atomic E-state index is -1.40. The number of hydrogen-bond acceptors (Lipinski definition) is 8. The Morgan fingerprint density at radius 1 is 0.814 bits per heavy atom. The summed E-state index contributed by atoms with van der Waals surface area (Å²) < 4.78 is 35.8. The third kappa shape index (κ3) is 13.2. The Bertz CT molecular complexity index is 2300. The van der Waals surface area contributed by atoms with Gasteiger partial charge in [-0.1, -0.05) is 143 Å². The molecule has 0 radical (unpaired) electrons. The van der Waals surface area contributed by atoms with Crippen LogP contribution in [-0.2, 0) is 20.9 Å². The summed E-state index contributed by atoms with van der Waals surface area (Å²) in [7, 11) is 0. The lowest BCUT2D eigenvalue weighted by Gasteiger charge is -2.60. The number of nitrogens with zero attached hydrogens (tertiary/aromatic N) is 2. The molecule has 1 saturated carbocycles. The van der Waals surface area contributed by atoms with Crippen molar-refractivity contribution < 1.29 is 38.4 Å². The Morgan fingerprint density at radius 3 is 2.17 bits per heavy atom. The number of rotatable bonds is 29. The van der Waals surface area contributed by atoms with Crippen molar-refractivity contribution in [3.8, 4) is 28.4 Å². The number of carbonyl (C=O) groups excluding carboxylic acids is 1. The maximum atomic E-state index is 15.2. The molecule has 0 bridgehead atoms. The molecule has 1 aliphatic heterocycles. The van der Waals surface area contributed by atoms with Gasteiger partial charge in [0.15, 0.2) is 0 Å². The third-order valence-electron chi connectivity index (χ3n) is 14.6. The molecule has 6 atom stereocenters. The normalized spacial score (nSPS) is 21.8. The molecule has 3 aliphatic rings. The standard InChI is InChI=1S/C60H77FN2O7/c1-4-7-8-9-10-11-12-13-17-26-57(66)63(43-44-27-31-48(61)32-28-44)56-42-54(62-68-6-3)52-40-47(24-18-20-37-64)51(25-19-21-38-65)58-53-41-50(35-36-55(53)70-60(56,59(52)58)67-39-5-2)69-49-33-29-46(30-34-49)45-22-15-14-16-23-45/h5,14-16,22-23,27-36,40-41,47,51,56,58-59,64-65H,2,4,6-13,17-21,24-26,37-39,42-43H2,1,3H3. The quantitative estimate of drug-likeness (QED) is 0.0317. The first-order valence-corrected chi connectivity index (χ1v) is 26.4. The average Bonchev–Trinajstić information content (AvgIpc) is 3.38. The zero-order valence-corrected chi connectivity index (χ0v) is 41.8. The molecule has 1 amide bonds. The molecule has 2 aliphatic carbocycles. The number of allylic oxidation sites excluding steroid dienone is 1. The predicted octanol–water partition coefficient (Wildman–Crippen LogP) is 13.9. The van der Waals surface area contributed by atoms with Crippen LogP contribution in [0.2, 0.25) is 0 Å². The summed E-state index contributed by atoms with van der Waals surface area (Å²) in [5.74, 6) is -0.250. The van der Waals surface area contributed by atoms with E-state index in [1.54, 1.807) is 18.2 Å². The summed E-state index contributed by atoms with van der Waals surface area (Å²) in [6.07, 6.45) is 19.6. The first kappa shape index (κ1) is 52.5. The van der Waals surface area contributed by atoms with Crippen LogP contribution in [0.25, 0.3) is 11.1 Å². The van der Waals surface area contributed by atoms with Gasteiger partial charge in [0, 0.05) is 44.1 Å². The van der Waals surface area contributed by atoms with Gasteiger partial charge in [-0.05, 0) is 116 Å². The van der Waals surface area contributed by atoms with Crippen molar-refractivity contribution in [2.45, 2.75) is 147 Å². The van der Waals surface area contributed by atoms with E-state index < -0.39 is 17.7 Å². The first-order valence-electron chi connectivity index (χ1n) is 26.4. The minimum Gasteiger partial charge on any atom is -0.459 e. The zero-order valence-electron chi connectivity index (χ0n) is 41.8. The van der Waals surface area contributed by atoms with E-state index >= 15 is 4.79 Å². The number of ether oxygens (including phenoxy) is 3. The molecular formula is C60H77FN2O7. The van der Waals surface area contributed by atoms with Crippen LogP contribution < -0.4 is 9.47 Å². The lowest BCUT2D eigenvalue weighted by molar-refractivity contribution is -0.258. The van der Waals surface area contributed by atoms with Gasteiger partial charge in [-0.2, -0.15) is 0 Å². The summed E-state index contributed by atoms with van der Waals surface area (Å²) in [5.41, 5.74) is 5.73. The van der Waals surface area contributed by atoms with Gasteiger partial charge in [-0.3, -0.25) is 4.79 Å². The monoisotopic (exact) mass is 957 g/mol. The number of amides is 1. The number of benzene rings is 4. The Balaban J connectivity index is 1.34. The summed E-state index contributed by atoms with van der Waals surface area (Å²) in [4.78, 5) is 23.0. The summed E-state index contributed by atoms with van der Waals surface area (Å²) in [6, 6.07) is 30.1. The van der Waals surface area contributed by atoms with Crippen LogP contribution in [0.5, 0.6) is 17.2 Å². The second kappa shape index (κ2) is 26.8. The smallest absolute Gasteiger partial charge is 0.239 e. The Morgan fingerprint density at radius 2 is 1.49 bits per heavy atom. The van der Waals surface area contributed by atoms with Crippen LogP contribution in [0.1, 0.15) is 140 Å². The van der Waals surface area contributed by atoms with Crippen molar-refractivity contribution in [3.63, 3.8) is 0 Å². The van der Waals surface area contributed by atoms with Crippen molar-refractivity contribution in [3.05, 3.63) is 138 Å². The molecule has 376 valence electrons. The Kier molecular flexibility index (Phi) is 20.1. The van der Waals surface area contributed by atoms with Crippen LogP contribution in [0.4, 0.5) is 4.39 Å². The highest BCUT2D eigenvalue weighted by atomic mass is 19.1. The molecule has 0 spiro atoms. The van der Waals surface area contributed by atoms with Gasteiger partial charge in [0.25, 0.3) is 0 Å². The topological polar surface area (TPSA) is 110 Å². The fourth-order valence-electron chi connectivity index (χ4n) is 11.2. The molecule has 6 unspecified atom stereocenters. The van der Waals surface area contributed by atoms with Gasteiger partial charge in [0.2, 0.25) is 11.7 Å². The number of unbranched alkanes of at least 4 members (excludes halogenated alkanes) is 10. The molecule has 1 heterocycles. The van der Waals surface area contributed by atoms with Crippen molar-refractivity contribution >= 4 is 11.6 Å². The van der Waals surface area contributed by atoms with Gasteiger partial charge in [-0.15, -0.1) is 6.58 Å². The van der Waals surface area contributed by atoms with Crippen molar-refractivity contribution in [2.24, 2.45) is 22.9 Å². The third-order valence-corrected chi connectivity index (χ3v) is 14.6. The van der Waals surface area contributed by atoms with E-state index in [4.69, 9.17) is 24.2 Å². The summed E-state index contributed by atoms with van der Waals surface area (Å²) in [6.45, 7) is 9.19. The number of halogens is 1. The predicted molar refractivity (Wildman–Crippen MR) is 277 cm³/mol. The maximum absolute atomic E-state index is 15.2. The number of aliphatic hydroxyl groups excluding tert-OH is 2. The molecule has 4 aromatic carbocycles. The molecule has 0 saturated heterocycles. The lowest BCUT2D eigenvalue weighted by Crippen LogP contribution is -2.70. The molecule has 7 rings (SSSR count). The Hall–Kier alpha value is -5.29. The van der Waals surface area contributed by atoms with Crippen LogP contribution in [0, 0.1) is 23.6 Å². The maximum Gasteiger partial charge on any atom is 0.239 e. The molecule has 0 aromatic heterocycles. The van der Waals surface area contributed by atoms with E-state index in [2.05, 4.69) is 49.9 Å². The van der Waals surface area contributed by atoms with Crippen LogP contribution in [0.15, 0.2) is 127 Å². The number of hydrogen-bond donors (Lipinski definition) is 2. The molecule has 10 heteroatoms. The highest BCUT2D eigenvalue weighted by Gasteiger charge is 2.65. The SMILES string of the molecule is C=CCOC12Oc3ccc(Oc4ccc(-c5ccccc5)cc4)cc3C3C(CCCCO)C(CCCCO)C=C(C(=NOCC)CC1N(Cc1ccc(F)cc1)C(=O)CCCCCCCCCCC)C32. The van der Waals surface area contributed by atoms with Gasteiger partial charge in [0.05, 0.1) is 18.2 Å². The fraction of sp³-hybridized carbons (Fsp3) is 0.500. The largest absolute Gasteiger partial charge is 0.459 e. The van der Waals surface area contributed by atoms with E-state index in [0.29, 0.717) is 49.5 Å². The van der Waals surface area contributed by atoms with E-state index in [1.807, 2.05) is 54.3 Å². The second-order valence-corrected chi connectivity index (χ2v) is 19.4. The van der Waals surface area contributed by atoms with Gasteiger partial charge >= 0.3 is 0 Å². The van der Waals surface area contributed by atoms with Crippen molar-refractivity contribution in [2.75, 3.05) is 26.4 Å². The number of carbonyl (C=O) groups is 1. The van der Waals surface area contributed by atoms with E-state index in [-0.39, 0.29) is 55.8 Å². The average molecular weight is 957 g/mol. The molecule has 4 aromatic rings. The molecular weight excluding hydrogens is 880 g/mol. The Labute approximate surface area is 416 Å². The molecule has 1 fully saturated rings. The van der Waals surface area contributed by atoms with E-state index in [0.717, 1.165) is 84.9 Å². The molecule has 2 N–H and O–H groups in total. The van der Waals surface area contributed by atoms with Crippen LogP contribution >= 0.6 is 0 Å². The van der Waals surface area contributed by atoms with Gasteiger partial charge < -0.3 is 34.2 Å².